The van der Waals surface area contributed by atoms with Crippen LogP contribution < -0.4 is 11.3 Å². The van der Waals surface area contributed by atoms with Crippen molar-refractivity contribution in [2.24, 2.45) is 11.8 Å². The zero-order valence-electron chi connectivity index (χ0n) is 8.07. The maximum Gasteiger partial charge on any atom is 0.140 e. The molecule has 4 nitrogen and oxygen atoms in total. The van der Waals surface area contributed by atoms with Crippen LogP contribution in [0, 0.1) is 5.92 Å². The Kier molecular flexibility index (Phi) is 2.96. The minimum absolute atomic E-state index is 0.647. The summed E-state index contributed by atoms with van der Waals surface area (Å²) < 4.78 is 5.55. The number of pyridine rings is 1. The highest BCUT2D eigenvalue weighted by molar-refractivity contribution is 5.35. The van der Waals surface area contributed by atoms with Crippen molar-refractivity contribution < 1.29 is 4.74 Å². The number of aromatic nitrogens is 1. The number of anilines is 1. The van der Waals surface area contributed by atoms with Gasteiger partial charge in [-0.15, -0.1) is 0 Å². The van der Waals surface area contributed by atoms with Gasteiger partial charge in [0.25, 0.3) is 0 Å². The number of nitrogens with zero attached hydrogens (tertiary/aromatic N) is 1. The lowest BCUT2D eigenvalue weighted by molar-refractivity contribution is 0.111. The van der Waals surface area contributed by atoms with E-state index >= 15 is 0 Å². The van der Waals surface area contributed by atoms with E-state index in [1.54, 1.807) is 6.20 Å². The van der Waals surface area contributed by atoms with E-state index < -0.39 is 0 Å². The van der Waals surface area contributed by atoms with Gasteiger partial charge in [0.15, 0.2) is 0 Å². The molecular weight excluding hydrogens is 178 g/mol. The summed E-state index contributed by atoms with van der Waals surface area (Å²) in [6.07, 6.45) is 4.38. The first-order chi connectivity index (χ1) is 6.88. The largest absolute Gasteiger partial charge is 0.376 e. The van der Waals surface area contributed by atoms with Crippen molar-refractivity contribution in [3.05, 3.63) is 23.9 Å². The van der Waals surface area contributed by atoms with E-state index in [-0.39, 0.29) is 0 Å². The number of hydrogen-bond acceptors (Lipinski definition) is 4. The Morgan fingerprint density at radius 2 is 2.43 bits per heavy atom. The van der Waals surface area contributed by atoms with Crippen molar-refractivity contribution in [3.8, 4) is 0 Å². The van der Waals surface area contributed by atoms with Gasteiger partial charge in [-0.1, -0.05) is 0 Å². The predicted molar refractivity (Wildman–Crippen MR) is 54.4 cm³/mol. The Labute approximate surface area is 83.4 Å². The zero-order valence-corrected chi connectivity index (χ0v) is 8.07. The van der Waals surface area contributed by atoms with E-state index in [2.05, 4.69) is 10.4 Å². The first-order valence-corrected chi connectivity index (χ1v) is 4.88. The molecule has 0 atom stereocenters. The van der Waals surface area contributed by atoms with Gasteiger partial charge in [-0.05, 0) is 36.5 Å². The second kappa shape index (κ2) is 4.39. The van der Waals surface area contributed by atoms with E-state index in [4.69, 9.17) is 10.6 Å². The summed E-state index contributed by atoms with van der Waals surface area (Å²) in [6, 6.07) is 3.83. The van der Waals surface area contributed by atoms with Gasteiger partial charge in [-0.3, -0.25) is 0 Å². The highest BCUT2D eigenvalue weighted by atomic mass is 16.5. The molecule has 4 heteroatoms. The fourth-order valence-corrected chi connectivity index (χ4v) is 1.27. The monoisotopic (exact) mass is 193 g/mol. The molecule has 1 aromatic rings. The van der Waals surface area contributed by atoms with E-state index in [0.29, 0.717) is 12.4 Å². The summed E-state index contributed by atoms with van der Waals surface area (Å²) in [5, 5.41) is 0. The molecule has 0 amide bonds. The number of rotatable bonds is 5. The summed E-state index contributed by atoms with van der Waals surface area (Å²) in [4.78, 5) is 4.02. The Morgan fingerprint density at radius 1 is 1.57 bits per heavy atom. The van der Waals surface area contributed by atoms with E-state index in [1.807, 2.05) is 12.1 Å². The maximum absolute atomic E-state index is 5.55. The summed E-state index contributed by atoms with van der Waals surface area (Å²) in [5.74, 6) is 6.74. The van der Waals surface area contributed by atoms with Crippen LogP contribution in [0.25, 0.3) is 0 Å². The van der Waals surface area contributed by atoms with Gasteiger partial charge < -0.3 is 10.2 Å². The highest BCUT2D eigenvalue weighted by Gasteiger charge is 2.20. The molecule has 1 saturated carbocycles. The Morgan fingerprint density at radius 3 is 3.14 bits per heavy atom. The van der Waals surface area contributed by atoms with E-state index in [0.717, 1.165) is 18.1 Å². The number of ether oxygens (including phenoxy) is 1. The van der Waals surface area contributed by atoms with Crippen LogP contribution in [0.5, 0.6) is 0 Å². The molecule has 3 N–H and O–H groups in total. The molecule has 1 aromatic heterocycles. The van der Waals surface area contributed by atoms with Crippen LogP contribution in [-0.4, -0.2) is 11.6 Å². The van der Waals surface area contributed by atoms with Crippen LogP contribution >= 0.6 is 0 Å². The summed E-state index contributed by atoms with van der Waals surface area (Å²) in [7, 11) is 0. The van der Waals surface area contributed by atoms with Crippen LogP contribution in [-0.2, 0) is 11.3 Å². The average molecular weight is 193 g/mol. The molecule has 0 spiro atoms. The highest BCUT2D eigenvalue weighted by Crippen LogP contribution is 2.29. The Balaban J connectivity index is 1.81. The topological polar surface area (TPSA) is 60.2 Å². The average Bonchev–Trinajstić information content (AvgIpc) is 3.02. The molecule has 0 radical (unpaired) electrons. The minimum Gasteiger partial charge on any atom is -0.376 e. The smallest absolute Gasteiger partial charge is 0.140 e. The third-order valence-electron chi connectivity index (χ3n) is 2.29. The lowest BCUT2D eigenvalue weighted by Gasteiger charge is -2.04. The second-order valence-corrected chi connectivity index (χ2v) is 3.65. The van der Waals surface area contributed by atoms with Gasteiger partial charge in [0, 0.05) is 12.8 Å². The normalized spacial score (nSPS) is 15.5. The Bertz CT molecular complexity index is 299. The van der Waals surface area contributed by atoms with Crippen molar-refractivity contribution in [3.63, 3.8) is 0 Å². The molecule has 76 valence electrons. The van der Waals surface area contributed by atoms with E-state index in [1.165, 1.54) is 12.8 Å². The second-order valence-electron chi connectivity index (χ2n) is 3.65. The minimum atomic E-state index is 0.647. The predicted octanol–water partition coefficient (Wildman–Crippen LogP) is 1.29. The third kappa shape index (κ3) is 2.68. The van der Waals surface area contributed by atoms with Gasteiger partial charge in [0.05, 0.1) is 6.61 Å². The van der Waals surface area contributed by atoms with Gasteiger partial charge in [-0.25, -0.2) is 10.8 Å². The van der Waals surface area contributed by atoms with Gasteiger partial charge in [-0.2, -0.15) is 0 Å². The number of nitrogens with two attached hydrogens (primary N) is 1. The lowest BCUT2D eigenvalue weighted by atomic mass is 10.3. The summed E-state index contributed by atoms with van der Waals surface area (Å²) in [6.45, 7) is 1.53. The molecule has 0 saturated heterocycles. The molecule has 0 aromatic carbocycles. The zero-order chi connectivity index (χ0) is 9.80. The fourth-order valence-electron chi connectivity index (χ4n) is 1.27. The molecule has 1 aliphatic carbocycles. The third-order valence-corrected chi connectivity index (χ3v) is 2.29. The van der Waals surface area contributed by atoms with Crippen molar-refractivity contribution in [1.29, 1.82) is 0 Å². The van der Waals surface area contributed by atoms with Gasteiger partial charge in [0.1, 0.15) is 5.82 Å². The van der Waals surface area contributed by atoms with Crippen LogP contribution in [0.1, 0.15) is 18.4 Å². The summed E-state index contributed by atoms with van der Waals surface area (Å²) >= 11 is 0. The number of nitrogen functional groups attached to an aromatic ring is 1. The number of hydrogen-bond donors (Lipinski definition) is 2. The molecule has 1 aliphatic rings. The van der Waals surface area contributed by atoms with Crippen molar-refractivity contribution >= 4 is 5.82 Å². The van der Waals surface area contributed by atoms with Crippen molar-refractivity contribution in [1.82, 2.24) is 4.98 Å². The molecule has 14 heavy (non-hydrogen) atoms. The first-order valence-electron chi connectivity index (χ1n) is 4.88. The molecule has 1 fully saturated rings. The molecule has 0 bridgehead atoms. The van der Waals surface area contributed by atoms with Crippen LogP contribution in [0.2, 0.25) is 0 Å². The van der Waals surface area contributed by atoms with Gasteiger partial charge >= 0.3 is 0 Å². The standard InChI is InChI=1S/C10H15N3O/c11-13-10-5-9(3-4-12-10)7-14-6-8-1-2-8/h3-5,8H,1-2,6-7,11H2,(H,12,13). The SMILES string of the molecule is NNc1cc(COCC2CC2)ccn1. The van der Waals surface area contributed by atoms with Gasteiger partial charge in [0.2, 0.25) is 0 Å². The number of nitrogens with one attached hydrogen (secondary N) is 1. The quantitative estimate of drug-likeness (QED) is 0.546. The van der Waals surface area contributed by atoms with Crippen molar-refractivity contribution in [2.45, 2.75) is 19.4 Å². The molecular formula is C10H15N3O. The molecule has 1 heterocycles. The van der Waals surface area contributed by atoms with E-state index in [9.17, 15) is 0 Å². The molecule has 0 aliphatic heterocycles. The Hall–Kier alpha value is -1.13. The maximum atomic E-state index is 5.55. The molecule has 2 rings (SSSR count). The molecule has 0 unspecified atom stereocenters. The first kappa shape index (κ1) is 9.43. The van der Waals surface area contributed by atoms with Crippen LogP contribution in [0.4, 0.5) is 5.82 Å². The number of hydrazine groups is 1. The lowest BCUT2D eigenvalue weighted by Crippen LogP contribution is -2.08. The van der Waals surface area contributed by atoms with Crippen LogP contribution in [0.15, 0.2) is 18.3 Å². The fraction of sp³-hybridized carbons (Fsp3) is 0.500. The van der Waals surface area contributed by atoms with Crippen molar-refractivity contribution in [2.75, 3.05) is 12.0 Å². The summed E-state index contributed by atoms with van der Waals surface area (Å²) in [5.41, 5.74) is 3.62. The van der Waals surface area contributed by atoms with Crippen LogP contribution in [0.3, 0.4) is 0 Å².